The molecular weight excluding hydrogens is 366 g/mol. The molecule has 0 unspecified atom stereocenters. The lowest BCUT2D eigenvalue weighted by atomic mass is 10.1. The highest BCUT2D eigenvalue weighted by atomic mass is 16.5. The Kier molecular flexibility index (Phi) is 7.49. The van der Waals surface area contributed by atoms with Crippen LogP contribution in [0.25, 0.3) is 22.6 Å². The molecule has 29 heavy (non-hydrogen) atoms. The van der Waals surface area contributed by atoms with E-state index in [0.717, 1.165) is 5.56 Å². The van der Waals surface area contributed by atoms with Crippen LogP contribution in [0.2, 0.25) is 0 Å². The maximum Gasteiger partial charge on any atom is 0.223 e. The number of hydrogen-bond acceptors (Lipinski definition) is 7. The lowest BCUT2D eigenvalue weighted by Gasteiger charge is -2.07. The second kappa shape index (κ2) is 10.5. The van der Waals surface area contributed by atoms with E-state index in [0.29, 0.717) is 28.8 Å². The molecule has 0 bridgehead atoms. The molecule has 1 fully saturated rings. The van der Waals surface area contributed by atoms with E-state index >= 15 is 0 Å². The molecule has 3 aromatic heterocycles. The summed E-state index contributed by atoms with van der Waals surface area (Å²) in [5, 5.41) is 19.4. The Morgan fingerprint density at radius 3 is 2.00 bits per heavy atom. The van der Waals surface area contributed by atoms with Crippen molar-refractivity contribution in [2.24, 2.45) is 7.05 Å². The zero-order chi connectivity index (χ0) is 20.5. The predicted octanol–water partition coefficient (Wildman–Crippen LogP) is 4.12. The van der Waals surface area contributed by atoms with Crippen LogP contribution in [0.15, 0.2) is 30.5 Å². The summed E-state index contributed by atoms with van der Waals surface area (Å²) in [5.74, 6) is 1.17. The van der Waals surface area contributed by atoms with Crippen LogP contribution in [0.5, 0.6) is 5.88 Å². The van der Waals surface area contributed by atoms with Gasteiger partial charge >= 0.3 is 0 Å². The van der Waals surface area contributed by atoms with Crippen LogP contribution in [-0.2, 0) is 7.05 Å². The Labute approximate surface area is 171 Å². The number of aryl methyl sites for hydroxylation is 1. The van der Waals surface area contributed by atoms with Gasteiger partial charge in [0.1, 0.15) is 17.2 Å². The van der Waals surface area contributed by atoms with E-state index in [1.807, 2.05) is 24.3 Å². The van der Waals surface area contributed by atoms with Crippen LogP contribution in [0.3, 0.4) is 0 Å². The molecule has 0 aromatic carbocycles. The van der Waals surface area contributed by atoms with Crippen LogP contribution in [-0.4, -0.2) is 44.3 Å². The molecule has 3 aromatic rings. The van der Waals surface area contributed by atoms with Gasteiger partial charge < -0.3 is 10.1 Å². The molecule has 0 aliphatic heterocycles. The number of anilines is 1. The predicted molar refractivity (Wildman–Crippen MR) is 114 cm³/mol. The highest BCUT2D eigenvalue weighted by molar-refractivity contribution is 5.68. The first-order valence-electron chi connectivity index (χ1n) is 10.1. The number of ether oxygens (including phenoxy) is 1. The number of hydrogen-bond donors (Lipinski definition) is 1. The Hall–Kier alpha value is -3.03. The molecule has 1 N–H and O–H groups in total. The standard InChI is InChI=1S/C14H15N7O.C7H14/c1-15-13-7-6-11(18-19-13)10-5-4-9(14(17-10)22-3)12-8-16-21(2)20-12;1-2-4-6-7-5-3-1/h4-8H,1-3H3,(H,15,19);1-7H2. The van der Waals surface area contributed by atoms with Gasteiger partial charge in [0.25, 0.3) is 0 Å². The van der Waals surface area contributed by atoms with Gasteiger partial charge in [-0.15, -0.1) is 10.2 Å². The molecule has 1 saturated carbocycles. The van der Waals surface area contributed by atoms with Crippen molar-refractivity contribution in [2.75, 3.05) is 19.5 Å². The first kappa shape index (κ1) is 20.7. The Balaban J connectivity index is 0.000000290. The van der Waals surface area contributed by atoms with E-state index in [2.05, 4.69) is 30.7 Å². The summed E-state index contributed by atoms with van der Waals surface area (Å²) in [6, 6.07) is 7.43. The van der Waals surface area contributed by atoms with Crippen LogP contribution < -0.4 is 10.1 Å². The number of pyridine rings is 1. The van der Waals surface area contributed by atoms with Gasteiger partial charge in [0.15, 0.2) is 0 Å². The van der Waals surface area contributed by atoms with E-state index in [-0.39, 0.29) is 0 Å². The van der Waals surface area contributed by atoms with E-state index in [4.69, 9.17) is 4.74 Å². The first-order valence-corrected chi connectivity index (χ1v) is 10.1. The number of nitrogens with zero attached hydrogens (tertiary/aromatic N) is 6. The van der Waals surface area contributed by atoms with E-state index < -0.39 is 0 Å². The van der Waals surface area contributed by atoms with E-state index in [1.165, 1.54) is 49.7 Å². The fourth-order valence-corrected chi connectivity index (χ4v) is 3.24. The summed E-state index contributed by atoms with van der Waals surface area (Å²) >= 11 is 0. The van der Waals surface area contributed by atoms with Crippen molar-refractivity contribution in [1.29, 1.82) is 0 Å². The van der Waals surface area contributed by atoms with Gasteiger partial charge in [0.2, 0.25) is 5.88 Å². The fourth-order valence-electron chi connectivity index (χ4n) is 3.24. The Morgan fingerprint density at radius 2 is 1.52 bits per heavy atom. The highest BCUT2D eigenvalue weighted by Crippen LogP contribution is 2.29. The zero-order valence-electron chi connectivity index (χ0n) is 17.4. The van der Waals surface area contributed by atoms with Gasteiger partial charge in [-0.25, -0.2) is 4.98 Å². The first-order chi connectivity index (χ1) is 14.2. The Bertz CT molecular complexity index is 873. The zero-order valence-corrected chi connectivity index (χ0v) is 17.4. The molecule has 1 aliphatic rings. The molecule has 4 rings (SSSR count). The minimum absolute atomic E-state index is 0.470. The second-order valence-electron chi connectivity index (χ2n) is 7.00. The van der Waals surface area contributed by atoms with E-state index in [1.54, 1.807) is 27.4 Å². The molecule has 0 amide bonds. The largest absolute Gasteiger partial charge is 0.480 e. The summed E-state index contributed by atoms with van der Waals surface area (Å²) in [4.78, 5) is 5.97. The normalized spacial score (nSPS) is 13.8. The fraction of sp³-hybridized carbons (Fsp3) is 0.476. The third-order valence-corrected chi connectivity index (χ3v) is 4.86. The van der Waals surface area contributed by atoms with Crippen LogP contribution >= 0.6 is 0 Å². The number of nitrogens with one attached hydrogen (secondary N) is 1. The van der Waals surface area contributed by atoms with Crippen LogP contribution in [0.4, 0.5) is 5.82 Å². The average molecular weight is 396 g/mol. The summed E-state index contributed by atoms with van der Waals surface area (Å²) in [5.41, 5.74) is 2.83. The molecule has 0 spiro atoms. The quantitative estimate of drug-likeness (QED) is 0.665. The maximum atomic E-state index is 5.37. The third kappa shape index (κ3) is 5.73. The smallest absolute Gasteiger partial charge is 0.223 e. The molecular formula is C21H29N7O. The summed E-state index contributed by atoms with van der Waals surface area (Å²) < 4.78 is 5.37. The lowest BCUT2D eigenvalue weighted by Crippen LogP contribution is -1.98. The van der Waals surface area contributed by atoms with Crippen molar-refractivity contribution in [3.63, 3.8) is 0 Å². The van der Waals surface area contributed by atoms with Crippen LogP contribution in [0.1, 0.15) is 44.9 Å². The third-order valence-electron chi connectivity index (χ3n) is 4.86. The minimum Gasteiger partial charge on any atom is -0.480 e. The van der Waals surface area contributed by atoms with Gasteiger partial charge in [0, 0.05) is 14.1 Å². The van der Waals surface area contributed by atoms with Gasteiger partial charge in [-0.2, -0.15) is 15.0 Å². The highest BCUT2D eigenvalue weighted by Gasteiger charge is 2.13. The molecule has 8 nitrogen and oxygen atoms in total. The van der Waals surface area contributed by atoms with Crippen molar-refractivity contribution in [1.82, 2.24) is 30.2 Å². The van der Waals surface area contributed by atoms with Gasteiger partial charge in [-0.1, -0.05) is 44.9 Å². The average Bonchev–Trinajstić information content (AvgIpc) is 3.00. The SMILES string of the molecule is C1CCCCCC1.CNc1ccc(-c2ccc(-c3cnn(C)n3)c(OC)n2)nn1. The molecule has 8 heteroatoms. The Morgan fingerprint density at radius 1 is 0.862 bits per heavy atom. The summed E-state index contributed by atoms with van der Waals surface area (Å²) in [7, 11) is 5.12. The minimum atomic E-state index is 0.470. The van der Waals surface area contributed by atoms with Gasteiger partial charge in [0.05, 0.1) is 24.6 Å². The number of aromatic nitrogens is 6. The van der Waals surface area contributed by atoms with Crippen molar-refractivity contribution >= 4 is 5.82 Å². The van der Waals surface area contributed by atoms with E-state index in [9.17, 15) is 0 Å². The van der Waals surface area contributed by atoms with Gasteiger partial charge in [-0.05, 0) is 24.3 Å². The topological polar surface area (TPSA) is 90.6 Å². The maximum absolute atomic E-state index is 5.37. The molecule has 0 atom stereocenters. The summed E-state index contributed by atoms with van der Waals surface area (Å²) in [6.07, 6.45) is 12.2. The molecule has 1 aliphatic carbocycles. The molecule has 3 heterocycles. The van der Waals surface area contributed by atoms with Crippen molar-refractivity contribution < 1.29 is 4.74 Å². The molecule has 0 radical (unpaired) electrons. The summed E-state index contributed by atoms with van der Waals surface area (Å²) in [6.45, 7) is 0. The molecule has 0 saturated heterocycles. The monoisotopic (exact) mass is 395 g/mol. The van der Waals surface area contributed by atoms with Crippen molar-refractivity contribution in [3.8, 4) is 28.5 Å². The van der Waals surface area contributed by atoms with Crippen LogP contribution in [0, 0.1) is 0 Å². The number of rotatable bonds is 4. The van der Waals surface area contributed by atoms with Crippen molar-refractivity contribution in [3.05, 3.63) is 30.5 Å². The van der Waals surface area contributed by atoms with Crippen molar-refractivity contribution in [2.45, 2.75) is 44.9 Å². The second-order valence-corrected chi connectivity index (χ2v) is 7.00. The molecule has 154 valence electrons. The van der Waals surface area contributed by atoms with Gasteiger partial charge in [-0.3, -0.25) is 0 Å². The number of methoxy groups -OCH3 is 1. The lowest BCUT2D eigenvalue weighted by molar-refractivity contribution is 0.400.